The number of thiazole rings is 1. The predicted molar refractivity (Wildman–Crippen MR) is 108 cm³/mol. The molecule has 2 aromatic carbocycles. The van der Waals surface area contributed by atoms with Gasteiger partial charge in [-0.05, 0) is 23.7 Å². The molecule has 4 rings (SSSR count). The smallest absolute Gasteiger partial charge is 0.373 e. The van der Waals surface area contributed by atoms with E-state index in [1.165, 1.54) is 0 Å². The Labute approximate surface area is 178 Å². The van der Waals surface area contributed by atoms with Crippen LogP contribution in [-0.2, 0) is 10.0 Å². The van der Waals surface area contributed by atoms with Crippen LogP contribution < -0.4 is 14.5 Å². The fourth-order valence-electron chi connectivity index (χ4n) is 2.55. The van der Waals surface area contributed by atoms with E-state index in [9.17, 15) is 13.5 Å². The van der Waals surface area contributed by atoms with Gasteiger partial charge in [-0.1, -0.05) is 45.8 Å². The Balaban J connectivity index is 1.66. The van der Waals surface area contributed by atoms with E-state index in [2.05, 4.69) is 35.4 Å². The van der Waals surface area contributed by atoms with E-state index in [1.54, 1.807) is 29.6 Å². The average Bonchev–Trinajstić information content (AvgIpc) is 3.29. The number of hydrogen-bond donors (Lipinski definition) is 1. The molecule has 11 heteroatoms. The first-order valence-electron chi connectivity index (χ1n) is 8.24. The predicted octanol–water partition coefficient (Wildman–Crippen LogP) is 3.02. The lowest BCUT2D eigenvalue weighted by atomic mass is 10.2. The molecular formula is C18H13BrN4O4S2. The van der Waals surface area contributed by atoms with Gasteiger partial charge >= 0.3 is 15.0 Å². The second-order valence-electron chi connectivity index (χ2n) is 6.06. The number of halogens is 1. The van der Waals surface area contributed by atoms with Crippen molar-refractivity contribution in [3.8, 4) is 22.9 Å². The Hall–Kier alpha value is -2.76. The van der Waals surface area contributed by atoms with Crippen molar-refractivity contribution in [1.29, 1.82) is 0 Å². The summed E-state index contributed by atoms with van der Waals surface area (Å²) in [5.41, 5.74) is 2.81. The number of rotatable bonds is 5. The molecule has 0 aliphatic rings. The third kappa shape index (κ3) is 4.02. The van der Waals surface area contributed by atoms with Gasteiger partial charge in [0.15, 0.2) is 11.1 Å². The normalized spacial score (nSPS) is 11.5. The summed E-state index contributed by atoms with van der Waals surface area (Å²) in [7, 11) is -4.28. The Kier molecular flexibility index (Phi) is 5.11. The maximum atomic E-state index is 12.9. The van der Waals surface area contributed by atoms with Crippen molar-refractivity contribution >= 4 is 42.4 Å². The van der Waals surface area contributed by atoms with Gasteiger partial charge < -0.3 is 9.63 Å². The molecule has 0 saturated carbocycles. The van der Waals surface area contributed by atoms with Crippen LogP contribution in [0, 0.1) is 6.92 Å². The van der Waals surface area contributed by atoms with Crippen LogP contribution >= 0.6 is 27.3 Å². The summed E-state index contributed by atoms with van der Waals surface area (Å²) in [4.78, 5) is 4.30. The Morgan fingerprint density at radius 3 is 2.52 bits per heavy atom. The minimum Gasteiger partial charge on any atom is -0.538 e. The summed E-state index contributed by atoms with van der Waals surface area (Å²) in [6, 6.07) is 14.3. The molecule has 0 spiro atoms. The highest BCUT2D eigenvalue weighted by Crippen LogP contribution is 2.28. The maximum Gasteiger partial charge on any atom is 0.373 e. The molecule has 0 aliphatic heterocycles. The van der Waals surface area contributed by atoms with Gasteiger partial charge in [-0.3, -0.25) is 0 Å². The second-order valence-corrected chi connectivity index (χ2v) is 9.43. The molecule has 4 aromatic rings. The molecule has 0 fully saturated rings. The molecular weight excluding hydrogens is 480 g/mol. The Bertz CT molecular complexity index is 1270. The van der Waals surface area contributed by atoms with Gasteiger partial charge in [0.1, 0.15) is 0 Å². The third-order valence-electron chi connectivity index (χ3n) is 3.97. The van der Waals surface area contributed by atoms with Gasteiger partial charge in [0.25, 0.3) is 0 Å². The summed E-state index contributed by atoms with van der Waals surface area (Å²) < 4.78 is 34.5. The first-order chi connectivity index (χ1) is 13.8. The van der Waals surface area contributed by atoms with Gasteiger partial charge in [0.05, 0.1) is 11.0 Å². The van der Waals surface area contributed by atoms with Gasteiger partial charge in [0, 0.05) is 27.5 Å². The van der Waals surface area contributed by atoms with E-state index in [0.29, 0.717) is 11.4 Å². The minimum atomic E-state index is -4.28. The van der Waals surface area contributed by atoms with Crippen molar-refractivity contribution in [3.05, 3.63) is 63.9 Å². The van der Waals surface area contributed by atoms with Crippen LogP contribution in [0.5, 0.6) is 5.95 Å². The molecule has 29 heavy (non-hydrogen) atoms. The first kappa shape index (κ1) is 19.6. The number of nitrogens with one attached hydrogen (secondary N) is 1. The lowest BCUT2D eigenvalue weighted by Crippen LogP contribution is -2.40. The molecule has 2 heterocycles. The Morgan fingerprint density at radius 1 is 1.14 bits per heavy atom. The topological polar surface area (TPSA) is 112 Å². The summed E-state index contributed by atoms with van der Waals surface area (Å²) in [5.74, 6) is -1.07. The van der Waals surface area contributed by atoms with Gasteiger partial charge in [0.2, 0.25) is 5.69 Å². The van der Waals surface area contributed by atoms with Crippen molar-refractivity contribution in [2.24, 2.45) is 0 Å². The molecule has 1 N–H and O–H groups in total. The van der Waals surface area contributed by atoms with Crippen LogP contribution in [0.15, 0.2) is 67.9 Å². The van der Waals surface area contributed by atoms with Crippen molar-refractivity contribution < 1.29 is 22.7 Å². The fourth-order valence-corrected chi connectivity index (χ4v) is 4.90. The monoisotopic (exact) mass is 492 g/mol. The summed E-state index contributed by atoms with van der Waals surface area (Å²) in [5, 5.41) is 16.9. The summed E-state index contributed by atoms with van der Waals surface area (Å²) in [6.45, 7) is 1.89. The van der Waals surface area contributed by atoms with Crippen LogP contribution in [0.2, 0.25) is 0 Å². The van der Waals surface area contributed by atoms with E-state index in [1.807, 2.05) is 31.2 Å². The van der Waals surface area contributed by atoms with Crippen molar-refractivity contribution in [2.45, 2.75) is 11.9 Å². The highest BCUT2D eigenvalue weighted by molar-refractivity contribution is 9.10. The number of aryl methyl sites for hydroxylation is 1. The minimum absolute atomic E-state index is 0.124. The number of sulfonamides is 1. The zero-order chi connectivity index (χ0) is 20.6. The summed E-state index contributed by atoms with van der Waals surface area (Å²) in [6.07, 6.45) is 0. The van der Waals surface area contributed by atoms with Gasteiger partial charge in [-0.2, -0.15) is 8.42 Å². The van der Waals surface area contributed by atoms with E-state index in [-0.39, 0.29) is 5.13 Å². The fraction of sp³-hybridized carbons (Fsp3) is 0.0556. The molecule has 8 nitrogen and oxygen atoms in total. The molecule has 0 radical (unpaired) electrons. The van der Waals surface area contributed by atoms with E-state index in [4.69, 9.17) is 0 Å². The maximum absolute atomic E-state index is 12.9. The quantitative estimate of drug-likeness (QED) is 0.428. The lowest BCUT2D eigenvalue weighted by Gasteiger charge is -2.02. The van der Waals surface area contributed by atoms with Crippen LogP contribution in [0.3, 0.4) is 0 Å². The van der Waals surface area contributed by atoms with Crippen LogP contribution in [0.1, 0.15) is 5.56 Å². The Morgan fingerprint density at radius 2 is 1.83 bits per heavy atom. The molecule has 0 bridgehead atoms. The van der Waals surface area contributed by atoms with Crippen LogP contribution in [0.4, 0.5) is 5.13 Å². The van der Waals surface area contributed by atoms with E-state index >= 15 is 0 Å². The summed E-state index contributed by atoms with van der Waals surface area (Å²) >= 11 is 4.47. The zero-order valence-corrected chi connectivity index (χ0v) is 18.1. The number of anilines is 1. The zero-order valence-electron chi connectivity index (χ0n) is 14.9. The van der Waals surface area contributed by atoms with Crippen molar-refractivity contribution in [3.63, 3.8) is 0 Å². The molecule has 0 atom stereocenters. The highest BCUT2D eigenvalue weighted by Gasteiger charge is 2.34. The highest BCUT2D eigenvalue weighted by atomic mass is 79.9. The van der Waals surface area contributed by atoms with E-state index in [0.717, 1.165) is 31.6 Å². The van der Waals surface area contributed by atoms with Gasteiger partial charge in [-0.25, -0.2) is 9.71 Å². The third-order valence-corrected chi connectivity index (χ3v) is 6.70. The van der Waals surface area contributed by atoms with Gasteiger partial charge in [-0.15, -0.1) is 11.3 Å². The lowest BCUT2D eigenvalue weighted by molar-refractivity contribution is -0.706. The molecule has 0 amide bonds. The number of hydrogen-bond acceptors (Lipinski definition) is 7. The average molecular weight is 493 g/mol. The number of benzene rings is 2. The van der Waals surface area contributed by atoms with Crippen molar-refractivity contribution in [2.75, 3.05) is 4.72 Å². The molecule has 148 valence electrons. The molecule has 0 aliphatic carbocycles. The molecule has 0 unspecified atom stereocenters. The molecule has 2 aromatic heterocycles. The van der Waals surface area contributed by atoms with Crippen LogP contribution in [0.25, 0.3) is 16.9 Å². The number of aromatic nitrogens is 3. The first-order valence-corrected chi connectivity index (χ1v) is 11.4. The SMILES string of the molecule is Cc1ccc(-[n+]2noc([O-])c2S(=O)(=O)Nc2nc(-c3ccc(Br)cc3)cs2)cc1. The second kappa shape index (κ2) is 7.58. The van der Waals surface area contributed by atoms with E-state index < -0.39 is 21.0 Å². The van der Waals surface area contributed by atoms with Crippen molar-refractivity contribution in [1.82, 2.24) is 10.3 Å². The standard InChI is InChI=1S/C18H13BrN4O4S2/c1-11-2-8-14(9-3-11)23-16(17(24)27-22-23)29(25,26)21-18-20-15(10-28-18)12-4-6-13(19)7-5-12/h2-10H,1H3,(H-,20,21,22,24). The largest absolute Gasteiger partial charge is 0.538 e. The number of nitrogens with zero attached hydrogens (tertiary/aromatic N) is 3. The van der Waals surface area contributed by atoms with Crippen LogP contribution in [-0.4, -0.2) is 18.7 Å². The molecule has 0 saturated heterocycles.